The molecule has 0 aliphatic carbocycles. The number of carbonyl (C=O) groups excluding carboxylic acids is 1. The van der Waals surface area contributed by atoms with Gasteiger partial charge in [0.05, 0.1) is 5.02 Å². The van der Waals surface area contributed by atoms with E-state index in [1.165, 1.54) is 6.07 Å². The number of likely N-dealkylation sites (tertiary alicyclic amines) is 1. The number of ether oxygens (including phenoxy) is 1. The second kappa shape index (κ2) is 9.89. The lowest BCUT2D eigenvalue weighted by Crippen LogP contribution is -2.40. The summed E-state index contributed by atoms with van der Waals surface area (Å²) in [5.41, 5.74) is 1.52. The fourth-order valence-electron chi connectivity index (χ4n) is 3.57. The van der Waals surface area contributed by atoms with Gasteiger partial charge < -0.3 is 10.1 Å². The average molecular weight is 405 g/mol. The van der Waals surface area contributed by atoms with Crippen LogP contribution in [-0.4, -0.2) is 30.4 Å². The fourth-order valence-corrected chi connectivity index (χ4v) is 3.78. The van der Waals surface area contributed by atoms with Crippen LogP contribution in [0.4, 0.5) is 4.39 Å². The molecule has 28 heavy (non-hydrogen) atoms. The molecule has 1 heterocycles. The van der Waals surface area contributed by atoms with Gasteiger partial charge in [-0.3, -0.25) is 9.69 Å². The van der Waals surface area contributed by atoms with E-state index >= 15 is 0 Å². The second-order valence-electron chi connectivity index (χ2n) is 7.32. The van der Waals surface area contributed by atoms with E-state index in [4.69, 9.17) is 16.3 Å². The van der Waals surface area contributed by atoms with Crippen molar-refractivity contribution in [3.8, 4) is 5.75 Å². The van der Waals surface area contributed by atoms with Gasteiger partial charge in [0.2, 0.25) is 5.91 Å². The van der Waals surface area contributed by atoms with Gasteiger partial charge >= 0.3 is 0 Å². The van der Waals surface area contributed by atoms with Gasteiger partial charge in [0.25, 0.3) is 0 Å². The zero-order valence-corrected chi connectivity index (χ0v) is 16.8. The predicted octanol–water partition coefficient (Wildman–Crippen LogP) is 4.41. The predicted molar refractivity (Wildman–Crippen MR) is 109 cm³/mol. The Hall–Kier alpha value is -2.11. The molecule has 1 amide bonds. The summed E-state index contributed by atoms with van der Waals surface area (Å²) in [5, 5.41) is 3.29. The molecule has 1 atom stereocenters. The van der Waals surface area contributed by atoms with E-state index in [2.05, 4.69) is 16.3 Å². The van der Waals surface area contributed by atoms with Crippen LogP contribution >= 0.6 is 11.6 Å². The summed E-state index contributed by atoms with van der Waals surface area (Å²) in [6.07, 6.45) is 2.27. The lowest BCUT2D eigenvalue weighted by Gasteiger charge is -2.32. The molecule has 0 radical (unpaired) electrons. The monoisotopic (exact) mass is 404 g/mol. The van der Waals surface area contributed by atoms with Crippen LogP contribution in [0.5, 0.6) is 5.75 Å². The lowest BCUT2D eigenvalue weighted by molar-refractivity contribution is -0.119. The summed E-state index contributed by atoms with van der Waals surface area (Å²) in [5.74, 6) is 0.850. The smallest absolute Gasteiger partial charge is 0.216 e. The van der Waals surface area contributed by atoms with E-state index < -0.39 is 0 Å². The van der Waals surface area contributed by atoms with Crippen molar-refractivity contribution in [2.75, 3.05) is 19.6 Å². The minimum Gasteiger partial charge on any atom is -0.489 e. The SMILES string of the molecule is CC(=O)NCC1CCCN(Cc2cccc(OCc3c(F)cccc3Cl)c2)C1. The molecule has 1 fully saturated rings. The Morgan fingerprint density at radius 1 is 1.32 bits per heavy atom. The molecule has 2 aromatic rings. The maximum atomic E-state index is 13.9. The van der Waals surface area contributed by atoms with E-state index in [0.717, 1.165) is 44.6 Å². The Morgan fingerprint density at radius 3 is 2.93 bits per heavy atom. The Bertz CT molecular complexity index is 795. The molecule has 2 aromatic carbocycles. The van der Waals surface area contributed by atoms with Gasteiger partial charge in [0.15, 0.2) is 0 Å². The van der Waals surface area contributed by atoms with Crippen LogP contribution in [0.1, 0.15) is 30.9 Å². The first kappa shape index (κ1) is 20.6. The molecule has 1 unspecified atom stereocenters. The van der Waals surface area contributed by atoms with Crippen molar-refractivity contribution >= 4 is 17.5 Å². The number of piperidine rings is 1. The van der Waals surface area contributed by atoms with Gasteiger partial charge in [-0.15, -0.1) is 0 Å². The number of hydrogen-bond acceptors (Lipinski definition) is 3. The van der Waals surface area contributed by atoms with Crippen LogP contribution < -0.4 is 10.1 Å². The highest BCUT2D eigenvalue weighted by Gasteiger charge is 2.20. The number of nitrogens with zero attached hydrogens (tertiary/aromatic N) is 1. The van der Waals surface area contributed by atoms with E-state index in [9.17, 15) is 9.18 Å². The van der Waals surface area contributed by atoms with Crippen molar-refractivity contribution in [3.05, 3.63) is 64.4 Å². The molecule has 150 valence electrons. The number of amides is 1. The third-order valence-electron chi connectivity index (χ3n) is 4.99. The maximum Gasteiger partial charge on any atom is 0.216 e. The topological polar surface area (TPSA) is 41.6 Å². The molecular formula is C22H26ClFN2O2. The van der Waals surface area contributed by atoms with Crippen LogP contribution in [0, 0.1) is 11.7 Å². The zero-order chi connectivity index (χ0) is 19.9. The Kier molecular flexibility index (Phi) is 7.29. The molecule has 1 saturated heterocycles. The van der Waals surface area contributed by atoms with Crippen molar-refractivity contribution in [1.29, 1.82) is 0 Å². The average Bonchev–Trinajstić information content (AvgIpc) is 2.67. The third kappa shape index (κ3) is 5.94. The molecule has 3 rings (SSSR count). The fraction of sp³-hybridized carbons (Fsp3) is 0.409. The van der Waals surface area contributed by atoms with Crippen molar-refractivity contribution in [3.63, 3.8) is 0 Å². The third-order valence-corrected chi connectivity index (χ3v) is 5.35. The van der Waals surface area contributed by atoms with Gasteiger partial charge in [-0.1, -0.05) is 29.8 Å². The van der Waals surface area contributed by atoms with E-state index in [1.807, 2.05) is 18.2 Å². The van der Waals surface area contributed by atoms with Gasteiger partial charge in [-0.05, 0) is 55.1 Å². The molecule has 1 N–H and O–H groups in total. The van der Waals surface area contributed by atoms with Gasteiger partial charge in [-0.2, -0.15) is 0 Å². The summed E-state index contributed by atoms with van der Waals surface area (Å²) in [7, 11) is 0. The number of nitrogens with one attached hydrogen (secondary N) is 1. The molecular weight excluding hydrogens is 379 g/mol. The number of halogens is 2. The van der Waals surface area contributed by atoms with Crippen molar-refractivity contribution in [2.24, 2.45) is 5.92 Å². The highest BCUT2D eigenvalue weighted by Crippen LogP contribution is 2.23. The van der Waals surface area contributed by atoms with Crippen LogP contribution in [0.2, 0.25) is 5.02 Å². The Labute approximate surface area is 170 Å². The molecule has 1 aliphatic heterocycles. The Morgan fingerprint density at radius 2 is 2.14 bits per heavy atom. The second-order valence-corrected chi connectivity index (χ2v) is 7.72. The maximum absolute atomic E-state index is 13.9. The van der Waals surface area contributed by atoms with Crippen molar-refractivity contribution in [1.82, 2.24) is 10.2 Å². The summed E-state index contributed by atoms with van der Waals surface area (Å²) < 4.78 is 19.7. The molecule has 0 bridgehead atoms. The van der Waals surface area contributed by atoms with Crippen molar-refractivity contribution in [2.45, 2.75) is 32.9 Å². The normalized spacial score (nSPS) is 17.3. The highest BCUT2D eigenvalue weighted by molar-refractivity contribution is 6.31. The quantitative estimate of drug-likeness (QED) is 0.743. The first-order valence-electron chi connectivity index (χ1n) is 9.62. The summed E-state index contributed by atoms with van der Waals surface area (Å²) in [6.45, 7) is 5.23. The van der Waals surface area contributed by atoms with Crippen molar-refractivity contribution < 1.29 is 13.9 Å². The zero-order valence-electron chi connectivity index (χ0n) is 16.1. The highest BCUT2D eigenvalue weighted by atomic mass is 35.5. The van der Waals surface area contributed by atoms with Gasteiger partial charge in [0.1, 0.15) is 18.2 Å². The van der Waals surface area contributed by atoms with Crippen LogP contribution in [0.3, 0.4) is 0 Å². The van der Waals surface area contributed by atoms with Gasteiger partial charge in [-0.25, -0.2) is 4.39 Å². The van der Waals surface area contributed by atoms with Crippen LogP contribution in [0.25, 0.3) is 0 Å². The first-order chi connectivity index (χ1) is 13.5. The minimum absolute atomic E-state index is 0.0249. The molecule has 1 aliphatic rings. The number of carbonyl (C=O) groups is 1. The number of hydrogen-bond donors (Lipinski definition) is 1. The molecule has 6 heteroatoms. The Balaban J connectivity index is 1.56. The first-order valence-corrected chi connectivity index (χ1v) is 10.0. The number of benzene rings is 2. The summed E-state index contributed by atoms with van der Waals surface area (Å²) in [4.78, 5) is 13.5. The minimum atomic E-state index is -0.359. The van der Waals surface area contributed by atoms with E-state index in [0.29, 0.717) is 22.3 Å². The molecule has 0 aromatic heterocycles. The standard InChI is InChI=1S/C22H26ClFN2O2/c1-16(27)25-12-18-6-4-10-26(14-18)13-17-5-2-7-19(11-17)28-15-20-21(23)8-3-9-22(20)24/h2-3,5,7-9,11,18H,4,6,10,12-15H2,1H3,(H,25,27). The molecule has 0 saturated carbocycles. The van der Waals surface area contributed by atoms with Crippen LogP contribution in [0.15, 0.2) is 42.5 Å². The van der Waals surface area contributed by atoms with Gasteiger partial charge in [0, 0.05) is 32.1 Å². The molecule has 4 nitrogen and oxygen atoms in total. The van der Waals surface area contributed by atoms with E-state index in [-0.39, 0.29) is 18.3 Å². The molecule has 0 spiro atoms. The largest absolute Gasteiger partial charge is 0.489 e. The lowest BCUT2D eigenvalue weighted by atomic mass is 9.97. The summed E-state index contributed by atoms with van der Waals surface area (Å²) in [6, 6.07) is 12.5. The van der Waals surface area contributed by atoms with E-state index in [1.54, 1.807) is 19.1 Å². The summed E-state index contributed by atoms with van der Waals surface area (Å²) >= 11 is 6.06. The van der Waals surface area contributed by atoms with Crippen LogP contribution in [-0.2, 0) is 17.9 Å². The number of rotatable bonds is 7.